The molecule has 2 aliphatic heterocycles. The molecule has 0 aliphatic carbocycles. The van der Waals surface area contributed by atoms with Crippen LogP contribution in [0.5, 0.6) is 0 Å². The van der Waals surface area contributed by atoms with Gasteiger partial charge in [0.1, 0.15) is 6.67 Å². The van der Waals surface area contributed by atoms with Crippen molar-refractivity contribution in [3.8, 4) is 0 Å². The predicted molar refractivity (Wildman–Crippen MR) is 108 cm³/mol. The molecule has 0 saturated carbocycles. The van der Waals surface area contributed by atoms with E-state index in [-0.39, 0.29) is 20.1 Å². The molecule has 10 heteroatoms. The number of imidazole rings is 2. The average Bonchev–Trinajstić information content (AvgIpc) is 3.59. The number of pyridine rings is 1. The number of fused-ring (bicyclic) bond motifs is 2. The number of aromatic nitrogens is 7. The van der Waals surface area contributed by atoms with Gasteiger partial charge in [-0.25, -0.2) is 4.68 Å². The summed E-state index contributed by atoms with van der Waals surface area (Å²) in [7, 11) is 0. The molecule has 6 rings (SSSR count). The number of nitrogens with zero attached hydrogens (tertiary/aromatic N) is 9. The molecule has 4 aromatic heterocycles. The van der Waals surface area contributed by atoms with Crippen LogP contribution in [0, 0.1) is 12.2 Å². The van der Waals surface area contributed by atoms with Gasteiger partial charge in [-0.2, -0.15) is 4.68 Å². The monoisotopic (exact) mass is 606 g/mol. The number of hydrogen-bond acceptors (Lipinski definition) is 4. The molecule has 6 heterocycles. The first-order valence-electron chi connectivity index (χ1n) is 10.5. The van der Waals surface area contributed by atoms with Crippen LogP contribution in [0.15, 0.2) is 67.6 Å². The Labute approximate surface area is 200 Å². The van der Waals surface area contributed by atoms with Crippen molar-refractivity contribution in [3.05, 3.63) is 97.2 Å². The molecule has 1 radical (unpaired) electrons. The Hall–Kier alpha value is -2.91. The summed E-state index contributed by atoms with van der Waals surface area (Å²) in [5.74, 6) is 1.58. The summed E-state index contributed by atoms with van der Waals surface area (Å²) in [6, 6.07) is 9.48. The van der Waals surface area contributed by atoms with Crippen LogP contribution in [0.25, 0.3) is 0 Å². The van der Waals surface area contributed by atoms with Crippen LogP contribution in [0.2, 0.25) is 0 Å². The maximum Gasteiger partial charge on any atom is 0.154 e. The standard InChI is InChI=1S/C22H23N9.Ir/c1-2-13-30-18(5-1)15-28(22(30)21-25-8-9-26-21)11-3-10-27-16-19(20-23-6-7-24-20)31-14-4-12-29(31)17-27;/h1-2,4-9,12-14H,3,10-11,15-17H2;/q-2;. The fourth-order valence-corrected chi connectivity index (χ4v) is 4.50. The molecular formula is C22H23IrN9-2. The third kappa shape index (κ3) is 3.75. The van der Waals surface area contributed by atoms with Crippen molar-refractivity contribution in [2.45, 2.75) is 19.6 Å². The molecule has 0 unspecified atom stereocenters. The largest absolute Gasteiger partial charge is 0.455 e. The molecule has 0 bridgehead atoms. The molecule has 167 valence electrons. The van der Waals surface area contributed by atoms with E-state index >= 15 is 0 Å². The smallest absolute Gasteiger partial charge is 0.154 e. The van der Waals surface area contributed by atoms with E-state index in [0.717, 1.165) is 63.1 Å². The summed E-state index contributed by atoms with van der Waals surface area (Å²) in [5.41, 5.74) is 1.26. The normalized spacial score (nSPS) is 16.1. The van der Waals surface area contributed by atoms with Gasteiger partial charge in [0.15, 0.2) is 6.17 Å². The maximum absolute atomic E-state index is 4.46. The minimum atomic E-state index is 0. The van der Waals surface area contributed by atoms with Gasteiger partial charge < -0.3 is 24.5 Å². The molecule has 0 spiro atoms. The van der Waals surface area contributed by atoms with Crippen LogP contribution >= 0.6 is 0 Å². The number of rotatable bonds is 6. The summed E-state index contributed by atoms with van der Waals surface area (Å²) >= 11 is 0. The van der Waals surface area contributed by atoms with Crippen LogP contribution in [0.1, 0.15) is 23.8 Å². The minimum Gasteiger partial charge on any atom is -0.455 e. The van der Waals surface area contributed by atoms with Gasteiger partial charge in [0, 0.05) is 45.9 Å². The third-order valence-corrected chi connectivity index (χ3v) is 5.86. The summed E-state index contributed by atoms with van der Waals surface area (Å²) in [4.78, 5) is 22.6. The topological polar surface area (TPSA) is 73.2 Å². The fourth-order valence-electron chi connectivity index (χ4n) is 4.50. The maximum atomic E-state index is 4.46. The zero-order valence-electron chi connectivity index (χ0n) is 17.5. The van der Waals surface area contributed by atoms with Crippen molar-refractivity contribution in [2.75, 3.05) is 19.6 Å². The van der Waals surface area contributed by atoms with Crippen LogP contribution in [-0.2, 0) is 33.3 Å². The van der Waals surface area contributed by atoms with Gasteiger partial charge in [-0.15, -0.1) is 0 Å². The third-order valence-electron chi connectivity index (χ3n) is 5.86. The van der Waals surface area contributed by atoms with Gasteiger partial charge in [0.25, 0.3) is 0 Å². The molecule has 0 saturated heterocycles. The first-order valence-corrected chi connectivity index (χ1v) is 10.5. The van der Waals surface area contributed by atoms with E-state index in [1.54, 1.807) is 24.8 Å². The molecule has 0 atom stereocenters. The van der Waals surface area contributed by atoms with Crippen LogP contribution in [0.3, 0.4) is 0 Å². The Morgan fingerprint density at radius 3 is 2.66 bits per heavy atom. The Kier molecular flexibility index (Phi) is 5.84. The molecule has 2 aliphatic rings. The van der Waals surface area contributed by atoms with Gasteiger partial charge in [-0.05, 0) is 18.8 Å². The zero-order valence-corrected chi connectivity index (χ0v) is 19.8. The SMILES string of the molecule is [Ir].c1cc[n+]2c(c1)CN(CCCN1C[C-](c3ncc[n-]3)[n+]3cccn3C1)[C-]2c1ncc[n-]1. The fraction of sp³-hybridized carbons (Fsp3) is 0.273. The molecule has 4 aromatic rings. The van der Waals surface area contributed by atoms with E-state index in [1.807, 2.05) is 0 Å². The van der Waals surface area contributed by atoms with Gasteiger partial charge in [0.05, 0.1) is 24.1 Å². The quantitative estimate of drug-likeness (QED) is 0.223. The molecule has 32 heavy (non-hydrogen) atoms. The first-order chi connectivity index (χ1) is 15.4. The van der Waals surface area contributed by atoms with Crippen molar-refractivity contribution in [1.82, 2.24) is 34.4 Å². The second-order valence-electron chi connectivity index (χ2n) is 7.84. The van der Waals surface area contributed by atoms with E-state index in [1.165, 1.54) is 5.69 Å². The molecular weight excluding hydrogens is 583 g/mol. The van der Waals surface area contributed by atoms with Crippen LogP contribution < -0.4 is 19.2 Å². The molecule has 9 nitrogen and oxygen atoms in total. The summed E-state index contributed by atoms with van der Waals surface area (Å²) in [6.07, 6.45) is 15.4. The second kappa shape index (κ2) is 8.91. The van der Waals surface area contributed by atoms with Crippen molar-refractivity contribution >= 4 is 0 Å². The number of hydrogen-bond donors (Lipinski definition) is 0. The second-order valence-corrected chi connectivity index (χ2v) is 7.84. The van der Waals surface area contributed by atoms with Gasteiger partial charge in [-0.1, -0.05) is 54.9 Å². The van der Waals surface area contributed by atoms with Gasteiger partial charge in [-0.3, -0.25) is 9.80 Å². The molecule has 0 N–H and O–H groups in total. The van der Waals surface area contributed by atoms with Crippen molar-refractivity contribution < 1.29 is 29.4 Å². The Morgan fingerprint density at radius 2 is 1.84 bits per heavy atom. The average molecular weight is 606 g/mol. The zero-order chi connectivity index (χ0) is 20.6. The summed E-state index contributed by atoms with van der Waals surface area (Å²) in [6.45, 7) is 4.48. The van der Waals surface area contributed by atoms with E-state index in [9.17, 15) is 0 Å². The van der Waals surface area contributed by atoms with Crippen LogP contribution in [-0.4, -0.2) is 44.1 Å². The predicted octanol–water partition coefficient (Wildman–Crippen LogP) is -0.242. The Balaban J connectivity index is 0.00000216. The van der Waals surface area contributed by atoms with Crippen molar-refractivity contribution in [1.29, 1.82) is 0 Å². The van der Waals surface area contributed by atoms with Gasteiger partial charge in [0.2, 0.25) is 0 Å². The Morgan fingerprint density at radius 1 is 1.00 bits per heavy atom. The molecule has 0 fully saturated rings. The minimum absolute atomic E-state index is 0. The first kappa shape index (κ1) is 21.0. The molecule has 0 amide bonds. The van der Waals surface area contributed by atoms with Crippen molar-refractivity contribution in [2.24, 2.45) is 0 Å². The summed E-state index contributed by atoms with van der Waals surface area (Å²) < 4.78 is 6.56. The van der Waals surface area contributed by atoms with Crippen LogP contribution in [0.4, 0.5) is 0 Å². The van der Waals surface area contributed by atoms with E-state index < -0.39 is 0 Å². The summed E-state index contributed by atoms with van der Waals surface area (Å²) in [5, 5.41) is 0. The van der Waals surface area contributed by atoms with E-state index in [0.29, 0.717) is 0 Å². The molecule has 0 aromatic carbocycles. The van der Waals surface area contributed by atoms with Gasteiger partial charge >= 0.3 is 0 Å². The van der Waals surface area contributed by atoms with Crippen molar-refractivity contribution in [3.63, 3.8) is 0 Å². The van der Waals surface area contributed by atoms with E-state index in [4.69, 9.17) is 0 Å². The van der Waals surface area contributed by atoms with E-state index in [2.05, 4.69) is 86.5 Å². The Bertz CT molecular complexity index is 1140.